The van der Waals surface area contributed by atoms with Crippen LogP contribution in [0.1, 0.15) is 18.9 Å². The summed E-state index contributed by atoms with van der Waals surface area (Å²) in [4.78, 5) is 25.8. The van der Waals surface area contributed by atoms with Crippen LogP contribution >= 0.6 is 11.6 Å². The van der Waals surface area contributed by atoms with E-state index in [0.717, 1.165) is 5.56 Å². The van der Waals surface area contributed by atoms with Gasteiger partial charge in [0.05, 0.1) is 0 Å². The number of nitrogens with one attached hydrogen (secondary N) is 1. The number of nitrogens with zero attached hydrogens (tertiary/aromatic N) is 1. The zero-order chi connectivity index (χ0) is 19.2. The van der Waals surface area contributed by atoms with Crippen molar-refractivity contribution in [1.82, 2.24) is 4.90 Å². The molecule has 0 saturated carbocycles. The summed E-state index contributed by atoms with van der Waals surface area (Å²) in [7, 11) is 0. The standard InChI is InChI=1S/C20H21ClN2O4/c1-14(24)23(13-15-4-2-3-5-17(15)21)9-8-20(25)22-16-6-7-18-19(12-16)27-11-10-26-18/h2-7,12H,8-11,13H2,1H3,(H,22,25). The van der Waals surface area contributed by atoms with Crippen LogP contribution < -0.4 is 14.8 Å². The van der Waals surface area contributed by atoms with Crippen molar-refractivity contribution in [3.8, 4) is 11.5 Å². The Labute approximate surface area is 163 Å². The van der Waals surface area contributed by atoms with Crippen molar-refractivity contribution in [3.05, 3.63) is 53.1 Å². The lowest BCUT2D eigenvalue weighted by atomic mass is 10.2. The van der Waals surface area contributed by atoms with E-state index in [0.29, 0.717) is 48.5 Å². The monoisotopic (exact) mass is 388 g/mol. The van der Waals surface area contributed by atoms with Gasteiger partial charge in [0.15, 0.2) is 11.5 Å². The Balaban J connectivity index is 1.56. The van der Waals surface area contributed by atoms with Gasteiger partial charge in [-0.15, -0.1) is 0 Å². The van der Waals surface area contributed by atoms with Crippen molar-refractivity contribution in [2.24, 2.45) is 0 Å². The van der Waals surface area contributed by atoms with Gasteiger partial charge in [-0.2, -0.15) is 0 Å². The molecule has 2 amide bonds. The van der Waals surface area contributed by atoms with Crippen LogP contribution in [0.15, 0.2) is 42.5 Å². The Morgan fingerprint density at radius 2 is 1.85 bits per heavy atom. The zero-order valence-corrected chi connectivity index (χ0v) is 15.8. The van der Waals surface area contributed by atoms with Gasteiger partial charge in [0.1, 0.15) is 13.2 Å². The Morgan fingerprint density at radius 1 is 1.11 bits per heavy atom. The average molecular weight is 389 g/mol. The van der Waals surface area contributed by atoms with E-state index in [1.165, 1.54) is 6.92 Å². The number of hydrogen-bond donors (Lipinski definition) is 1. The fraction of sp³-hybridized carbons (Fsp3) is 0.300. The Hall–Kier alpha value is -2.73. The predicted octanol–water partition coefficient (Wildman–Crippen LogP) is 3.49. The molecular formula is C20H21ClN2O4. The third kappa shape index (κ3) is 5.14. The first-order valence-electron chi connectivity index (χ1n) is 8.71. The van der Waals surface area contributed by atoms with E-state index < -0.39 is 0 Å². The molecule has 27 heavy (non-hydrogen) atoms. The molecule has 1 aliphatic heterocycles. The molecule has 2 aromatic carbocycles. The highest BCUT2D eigenvalue weighted by Crippen LogP contribution is 2.32. The van der Waals surface area contributed by atoms with Crippen LogP contribution in [0.25, 0.3) is 0 Å². The second kappa shape index (κ2) is 8.77. The lowest BCUT2D eigenvalue weighted by Crippen LogP contribution is -2.31. The molecule has 0 aromatic heterocycles. The summed E-state index contributed by atoms with van der Waals surface area (Å²) in [5.41, 5.74) is 1.48. The quantitative estimate of drug-likeness (QED) is 0.822. The van der Waals surface area contributed by atoms with Crippen LogP contribution in [0.5, 0.6) is 11.5 Å². The minimum absolute atomic E-state index is 0.109. The summed E-state index contributed by atoms with van der Waals surface area (Å²) in [6, 6.07) is 12.6. The molecular weight excluding hydrogens is 368 g/mol. The number of amides is 2. The van der Waals surface area contributed by atoms with Crippen molar-refractivity contribution in [2.45, 2.75) is 19.9 Å². The Kier molecular flexibility index (Phi) is 6.19. The molecule has 0 unspecified atom stereocenters. The summed E-state index contributed by atoms with van der Waals surface area (Å²) >= 11 is 6.16. The van der Waals surface area contributed by atoms with Crippen molar-refractivity contribution >= 4 is 29.1 Å². The SMILES string of the molecule is CC(=O)N(CCC(=O)Nc1ccc2c(c1)OCCO2)Cc1ccccc1Cl. The van der Waals surface area contributed by atoms with Crippen molar-refractivity contribution < 1.29 is 19.1 Å². The van der Waals surface area contributed by atoms with Gasteiger partial charge in [0.25, 0.3) is 0 Å². The fourth-order valence-corrected chi connectivity index (χ4v) is 2.96. The van der Waals surface area contributed by atoms with Crippen LogP contribution in [0.3, 0.4) is 0 Å². The van der Waals surface area contributed by atoms with Crippen LogP contribution in [0, 0.1) is 0 Å². The highest BCUT2D eigenvalue weighted by Gasteiger charge is 2.15. The highest BCUT2D eigenvalue weighted by molar-refractivity contribution is 6.31. The van der Waals surface area contributed by atoms with Gasteiger partial charge >= 0.3 is 0 Å². The van der Waals surface area contributed by atoms with Crippen LogP contribution in [-0.2, 0) is 16.1 Å². The molecule has 0 radical (unpaired) electrons. The second-order valence-electron chi connectivity index (χ2n) is 6.19. The van der Waals surface area contributed by atoms with Crippen LogP contribution in [-0.4, -0.2) is 36.5 Å². The van der Waals surface area contributed by atoms with Crippen LogP contribution in [0.4, 0.5) is 5.69 Å². The first kappa shape index (κ1) is 19.0. The smallest absolute Gasteiger partial charge is 0.226 e. The van der Waals surface area contributed by atoms with Gasteiger partial charge in [-0.25, -0.2) is 0 Å². The lowest BCUT2D eigenvalue weighted by Gasteiger charge is -2.22. The molecule has 142 valence electrons. The van der Waals surface area contributed by atoms with Gasteiger partial charge in [0.2, 0.25) is 11.8 Å². The number of benzene rings is 2. The maximum atomic E-state index is 12.3. The topological polar surface area (TPSA) is 67.9 Å². The fourth-order valence-electron chi connectivity index (χ4n) is 2.76. The number of carbonyl (C=O) groups is 2. The third-order valence-electron chi connectivity index (χ3n) is 4.20. The predicted molar refractivity (Wildman–Crippen MR) is 103 cm³/mol. The zero-order valence-electron chi connectivity index (χ0n) is 15.0. The maximum absolute atomic E-state index is 12.3. The minimum atomic E-state index is -0.183. The van der Waals surface area contributed by atoms with Gasteiger partial charge < -0.3 is 19.7 Å². The Bertz CT molecular complexity index is 840. The number of hydrogen-bond acceptors (Lipinski definition) is 4. The molecule has 0 bridgehead atoms. The van der Waals surface area contributed by atoms with E-state index in [2.05, 4.69) is 5.32 Å². The molecule has 1 heterocycles. The van der Waals surface area contributed by atoms with Crippen LogP contribution in [0.2, 0.25) is 5.02 Å². The number of halogens is 1. The molecule has 7 heteroatoms. The molecule has 1 N–H and O–H groups in total. The van der Waals surface area contributed by atoms with Crippen molar-refractivity contribution in [1.29, 1.82) is 0 Å². The molecule has 2 aromatic rings. The average Bonchev–Trinajstić information content (AvgIpc) is 2.66. The number of carbonyl (C=O) groups excluding carboxylic acids is 2. The molecule has 0 fully saturated rings. The number of ether oxygens (including phenoxy) is 2. The number of rotatable bonds is 6. The first-order chi connectivity index (χ1) is 13.0. The van der Waals surface area contributed by atoms with Gasteiger partial charge in [-0.1, -0.05) is 29.8 Å². The van der Waals surface area contributed by atoms with Gasteiger partial charge in [-0.3, -0.25) is 9.59 Å². The first-order valence-corrected chi connectivity index (χ1v) is 9.09. The molecule has 0 aliphatic carbocycles. The highest BCUT2D eigenvalue weighted by atomic mass is 35.5. The van der Waals surface area contributed by atoms with Crippen molar-refractivity contribution in [3.63, 3.8) is 0 Å². The maximum Gasteiger partial charge on any atom is 0.226 e. The molecule has 0 saturated heterocycles. The Morgan fingerprint density at radius 3 is 2.59 bits per heavy atom. The molecule has 1 aliphatic rings. The molecule has 6 nitrogen and oxygen atoms in total. The van der Waals surface area contributed by atoms with E-state index in [9.17, 15) is 9.59 Å². The minimum Gasteiger partial charge on any atom is -0.486 e. The summed E-state index contributed by atoms with van der Waals surface area (Å²) in [5, 5.41) is 3.42. The van der Waals surface area contributed by atoms with E-state index in [4.69, 9.17) is 21.1 Å². The summed E-state index contributed by atoms with van der Waals surface area (Å²) in [6.45, 7) is 3.16. The summed E-state index contributed by atoms with van der Waals surface area (Å²) < 4.78 is 11.0. The molecule has 0 atom stereocenters. The molecule has 0 spiro atoms. The number of anilines is 1. The third-order valence-corrected chi connectivity index (χ3v) is 4.57. The second-order valence-corrected chi connectivity index (χ2v) is 6.60. The summed E-state index contributed by atoms with van der Waals surface area (Å²) in [5.74, 6) is 0.990. The lowest BCUT2D eigenvalue weighted by molar-refractivity contribution is -0.129. The van der Waals surface area contributed by atoms with Gasteiger partial charge in [0, 0.05) is 43.2 Å². The summed E-state index contributed by atoms with van der Waals surface area (Å²) in [6.07, 6.45) is 0.179. The van der Waals surface area contributed by atoms with Gasteiger partial charge in [-0.05, 0) is 23.8 Å². The van der Waals surface area contributed by atoms with E-state index in [1.54, 1.807) is 29.2 Å². The molecule has 3 rings (SSSR count). The largest absolute Gasteiger partial charge is 0.486 e. The van der Waals surface area contributed by atoms with E-state index >= 15 is 0 Å². The van der Waals surface area contributed by atoms with E-state index in [-0.39, 0.29) is 18.2 Å². The normalized spacial score (nSPS) is 12.4. The number of fused-ring (bicyclic) bond motifs is 1. The van der Waals surface area contributed by atoms with Crippen molar-refractivity contribution in [2.75, 3.05) is 25.1 Å². The van der Waals surface area contributed by atoms with E-state index in [1.807, 2.05) is 18.2 Å².